The molecule has 3 aromatic heterocycles. The zero-order valence-corrected chi connectivity index (χ0v) is 22.6. The zero-order valence-electron chi connectivity index (χ0n) is 22.6. The van der Waals surface area contributed by atoms with Gasteiger partial charge in [-0.3, -0.25) is 8.80 Å². The Bertz CT molecular complexity index is 2450. The number of nitrogens with one attached hydrogen (secondary N) is 1. The predicted octanol–water partition coefficient (Wildman–Crippen LogP) is 10.3. The van der Waals surface area contributed by atoms with Crippen LogP contribution in [-0.4, -0.2) is 8.80 Å². The lowest BCUT2D eigenvalue weighted by Gasteiger charge is -2.34. The van der Waals surface area contributed by atoms with E-state index in [1.807, 2.05) is 0 Å². The summed E-state index contributed by atoms with van der Waals surface area (Å²) in [7, 11) is 0. The van der Waals surface area contributed by atoms with E-state index in [0.29, 0.717) is 0 Å². The van der Waals surface area contributed by atoms with Crippen LogP contribution in [0.25, 0.3) is 55.0 Å². The van der Waals surface area contributed by atoms with Gasteiger partial charge in [0.1, 0.15) is 5.65 Å². The molecule has 0 saturated heterocycles. The average molecular weight is 537 g/mol. The molecule has 196 valence electrons. The molecule has 1 N–H and O–H groups in total. The number of hydrogen-bond donors (Lipinski definition) is 1. The third-order valence-electron chi connectivity index (χ3n) is 8.95. The molecular formula is C38H24N4. The summed E-state index contributed by atoms with van der Waals surface area (Å²) >= 11 is 0. The Morgan fingerprint density at radius 1 is 0.429 bits per heavy atom. The van der Waals surface area contributed by atoms with Crippen molar-refractivity contribution < 1.29 is 0 Å². The number of para-hydroxylation sites is 7. The van der Waals surface area contributed by atoms with E-state index in [1.54, 1.807) is 0 Å². The maximum absolute atomic E-state index is 3.59. The van der Waals surface area contributed by atoms with Crippen LogP contribution in [0, 0.1) is 0 Å². The number of hydrogen-bond acceptors (Lipinski definition) is 2. The Hall–Kier alpha value is -5.74. The Labute approximate surface area is 241 Å². The highest BCUT2D eigenvalue weighted by Gasteiger charge is 2.24. The van der Waals surface area contributed by atoms with Crippen LogP contribution in [0.4, 0.5) is 28.4 Å². The van der Waals surface area contributed by atoms with Crippen molar-refractivity contribution in [3.63, 3.8) is 0 Å². The third-order valence-corrected chi connectivity index (χ3v) is 8.95. The highest BCUT2D eigenvalue weighted by molar-refractivity contribution is 6.24. The van der Waals surface area contributed by atoms with Gasteiger partial charge in [0.05, 0.1) is 44.8 Å². The monoisotopic (exact) mass is 536 g/mol. The summed E-state index contributed by atoms with van der Waals surface area (Å²) in [5.41, 5.74) is 14.4. The van der Waals surface area contributed by atoms with Crippen molar-refractivity contribution in [2.45, 2.75) is 0 Å². The van der Waals surface area contributed by atoms with E-state index in [4.69, 9.17) is 0 Å². The van der Waals surface area contributed by atoms with Crippen molar-refractivity contribution in [1.82, 2.24) is 8.80 Å². The van der Waals surface area contributed by atoms with Gasteiger partial charge in [-0.1, -0.05) is 72.8 Å². The second-order valence-electron chi connectivity index (χ2n) is 11.1. The topological polar surface area (TPSA) is 24.1 Å². The SMILES string of the molecule is c1ccc2c(c1)Nc1ccccc1N2c1ccc(-c2ccc3c(c2)c2c4ccccc4n4c5ccccc5n3c24)cc1. The minimum Gasteiger partial charge on any atom is -0.352 e. The van der Waals surface area contributed by atoms with Gasteiger partial charge in [-0.05, 0) is 77.9 Å². The fraction of sp³-hybridized carbons (Fsp3) is 0. The van der Waals surface area contributed by atoms with E-state index in [9.17, 15) is 0 Å². The summed E-state index contributed by atoms with van der Waals surface area (Å²) in [5.74, 6) is 0. The van der Waals surface area contributed by atoms with E-state index in [-0.39, 0.29) is 0 Å². The smallest absolute Gasteiger partial charge is 0.131 e. The third kappa shape index (κ3) is 2.76. The number of benzene rings is 6. The predicted molar refractivity (Wildman–Crippen MR) is 175 cm³/mol. The lowest BCUT2D eigenvalue weighted by molar-refractivity contribution is 1.25. The van der Waals surface area contributed by atoms with E-state index in [0.717, 1.165) is 28.4 Å². The summed E-state index contributed by atoms with van der Waals surface area (Å²) in [6.07, 6.45) is 0. The van der Waals surface area contributed by atoms with Gasteiger partial charge in [-0.15, -0.1) is 0 Å². The average Bonchev–Trinajstić information content (AvgIpc) is 3.68. The minimum absolute atomic E-state index is 1.11. The minimum atomic E-state index is 1.11. The number of fused-ring (bicyclic) bond motifs is 11. The summed E-state index contributed by atoms with van der Waals surface area (Å²) in [6, 6.07) is 50.4. The van der Waals surface area contributed by atoms with E-state index < -0.39 is 0 Å². The summed E-state index contributed by atoms with van der Waals surface area (Å²) in [5, 5.41) is 7.51. The molecule has 0 unspecified atom stereocenters. The Morgan fingerprint density at radius 3 is 1.67 bits per heavy atom. The largest absolute Gasteiger partial charge is 0.352 e. The van der Waals surface area contributed by atoms with Crippen molar-refractivity contribution in [2.75, 3.05) is 10.2 Å². The molecular weight excluding hydrogens is 512 g/mol. The van der Waals surface area contributed by atoms with Crippen LogP contribution in [0.3, 0.4) is 0 Å². The van der Waals surface area contributed by atoms with Crippen LogP contribution in [0.1, 0.15) is 0 Å². The second-order valence-corrected chi connectivity index (χ2v) is 11.1. The van der Waals surface area contributed by atoms with E-state index >= 15 is 0 Å². The molecule has 9 aromatic rings. The Kier molecular flexibility index (Phi) is 4.15. The van der Waals surface area contributed by atoms with Gasteiger partial charge in [-0.25, -0.2) is 0 Å². The van der Waals surface area contributed by atoms with Crippen molar-refractivity contribution >= 4 is 72.3 Å². The second kappa shape index (κ2) is 7.93. The number of rotatable bonds is 2. The number of anilines is 5. The fourth-order valence-electron chi connectivity index (χ4n) is 7.16. The van der Waals surface area contributed by atoms with Gasteiger partial charge in [-0.2, -0.15) is 0 Å². The van der Waals surface area contributed by atoms with Crippen LogP contribution >= 0.6 is 0 Å². The molecule has 42 heavy (non-hydrogen) atoms. The van der Waals surface area contributed by atoms with Crippen LogP contribution < -0.4 is 10.2 Å². The van der Waals surface area contributed by atoms with E-state index in [2.05, 4.69) is 159 Å². The Balaban J connectivity index is 1.15. The molecule has 0 atom stereocenters. The molecule has 4 heterocycles. The molecule has 0 aliphatic carbocycles. The molecule has 10 rings (SSSR count). The van der Waals surface area contributed by atoms with Crippen molar-refractivity contribution in [3.8, 4) is 11.1 Å². The molecule has 4 heteroatoms. The number of aromatic nitrogens is 2. The molecule has 0 bridgehead atoms. The first kappa shape index (κ1) is 22.0. The number of nitrogens with zero attached hydrogens (tertiary/aromatic N) is 3. The van der Waals surface area contributed by atoms with Crippen molar-refractivity contribution in [3.05, 3.63) is 140 Å². The number of imidazole rings is 1. The maximum atomic E-state index is 3.59. The summed E-state index contributed by atoms with van der Waals surface area (Å²) < 4.78 is 4.86. The molecule has 6 aromatic carbocycles. The fourth-order valence-corrected chi connectivity index (χ4v) is 7.16. The molecule has 0 fully saturated rings. The molecule has 1 aliphatic rings. The van der Waals surface area contributed by atoms with Crippen LogP contribution in [0.5, 0.6) is 0 Å². The standard InChI is InChI=1S/C38H24N4/c1-4-12-31-27(9-1)37-28-23-25(19-22-32(28)42-36-16-8-7-15-35(36)41(31)38(37)42)24-17-20-26(21-18-24)40-33-13-5-2-10-29(33)39-30-11-3-6-14-34(30)40/h1-23,39H. The summed E-state index contributed by atoms with van der Waals surface area (Å²) in [4.78, 5) is 2.34. The van der Waals surface area contributed by atoms with Gasteiger partial charge in [0.15, 0.2) is 0 Å². The molecule has 0 radical (unpaired) electrons. The molecule has 0 spiro atoms. The molecule has 0 saturated carbocycles. The van der Waals surface area contributed by atoms with E-state index in [1.165, 1.54) is 55.0 Å². The quantitative estimate of drug-likeness (QED) is 0.238. The lowest BCUT2D eigenvalue weighted by atomic mass is 10.0. The van der Waals surface area contributed by atoms with Gasteiger partial charge in [0, 0.05) is 21.8 Å². The molecule has 4 nitrogen and oxygen atoms in total. The van der Waals surface area contributed by atoms with Gasteiger partial charge in [0.25, 0.3) is 0 Å². The van der Waals surface area contributed by atoms with Gasteiger partial charge >= 0.3 is 0 Å². The first-order valence-corrected chi connectivity index (χ1v) is 14.4. The summed E-state index contributed by atoms with van der Waals surface area (Å²) in [6.45, 7) is 0. The van der Waals surface area contributed by atoms with Crippen LogP contribution in [0.15, 0.2) is 140 Å². The van der Waals surface area contributed by atoms with Gasteiger partial charge < -0.3 is 10.2 Å². The zero-order chi connectivity index (χ0) is 27.4. The Morgan fingerprint density at radius 2 is 0.976 bits per heavy atom. The maximum Gasteiger partial charge on any atom is 0.131 e. The van der Waals surface area contributed by atoms with Crippen LogP contribution in [0.2, 0.25) is 0 Å². The van der Waals surface area contributed by atoms with Crippen molar-refractivity contribution in [2.24, 2.45) is 0 Å². The highest BCUT2D eigenvalue weighted by atomic mass is 15.2. The van der Waals surface area contributed by atoms with Crippen LogP contribution in [-0.2, 0) is 0 Å². The lowest BCUT2D eigenvalue weighted by Crippen LogP contribution is -2.17. The first-order chi connectivity index (χ1) is 20.8. The van der Waals surface area contributed by atoms with Crippen molar-refractivity contribution in [1.29, 1.82) is 0 Å². The molecule has 0 amide bonds. The van der Waals surface area contributed by atoms with Gasteiger partial charge in [0.2, 0.25) is 0 Å². The first-order valence-electron chi connectivity index (χ1n) is 14.4. The highest BCUT2D eigenvalue weighted by Crippen LogP contribution is 2.48. The molecule has 1 aliphatic heterocycles. The normalized spacial score (nSPS) is 12.9.